The SMILES string of the molecule is NS(=O)(=O)c1ccc(C(=O)N2CCC(S(=O)(=O)c3ccc(Cl)cc3)C2)cc1. The molecule has 0 aromatic heterocycles. The van der Waals surface area contributed by atoms with Gasteiger partial charge in [-0.15, -0.1) is 0 Å². The summed E-state index contributed by atoms with van der Waals surface area (Å²) in [6.45, 7) is 0.369. The molecule has 2 N–H and O–H groups in total. The summed E-state index contributed by atoms with van der Waals surface area (Å²) in [6.07, 6.45) is 0.325. The second-order valence-electron chi connectivity index (χ2n) is 6.23. The molecule has 27 heavy (non-hydrogen) atoms. The van der Waals surface area contributed by atoms with Gasteiger partial charge >= 0.3 is 0 Å². The first kappa shape index (κ1) is 19.8. The zero-order valence-corrected chi connectivity index (χ0v) is 16.5. The van der Waals surface area contributed by atoms with Gasteiger partial charge in [-0.3, -0.25) is 4.79 Å². The second-order valence-corrected chi connectivity index (χ2v) is 10.5. The van der Waals surface area contributed by atoms with Crippen LogP contribution in [-0.2, 0) is 19.9 Å². The Morgan fingerprint density at radius 3 is 2.07 bits per heavy atom. The van der Waals surface area contributed by atoms with E-state index < -0.39 is 25.1 Å². The Morgan fingerprint density at radius 2 is 1.52 bits per heavy atom. The van der Waals surface area contributed by atoms with Gasteiger partial charge in [0, 0.05) is 23.7 Å². The van der Waals surface area contributed by atoms with Crippen molar-refractivity contribution in [3.8, 4) is 0 Å². The molecule has 0 saturated carbocycles. The third kappa shape index (κ3) is 4.16. The molecule has 10 heteroatoms. The fourth-order valence-electron chi connectivity index (χ4n) is 2.95. The zero-order chi connectivity index (χ0) is 19.8. The normalized spacial score (nSPS) is 17.9. The lowest BCUT2D eigenvalue weighted by atomic mass is 10.2. The molecule has 0 spiro atoms. The molecule has 1 fully saturated rings. The molecular formula is C17H17ClN2O5S2. The van der Waals surface area contributed by atoms with E-state index in [-0.39, 0.29) is 27.8 Å². The maximum Gasteiger partial charge on any atom is 0.253 e. The lowest BCUT2D eigenvalue weighted by molar-refractivity contribution is 0.0793. The number of likely N-dealkylation sites (tertiary alicyclic amines) is 1. The topological polar surface area (TPSA) is 115 Å². The van der Waals surface area contributed by atoms with Crippen molar-refractivity contribution in [2.75, 3.05) is 13.1 Å². The van der Waals surface area contributed by atoms with Gasteiger partial charge in [0.15, 0.2) is 9.84 Å². The Hall–Kier alpha value is -1.94. The van der Waals surface area contributed by atoms with Gasteiger partial charge in [0.05, 0.1) is 15.0 Å². The van der Waals surface area contributed by atoms with Gasteiger partial charge in [0.25, 0.3) is 5.91 Å². The summed E-state index contributed by atoms with van der Waals surface area (Å²) in [5.41, 5.74) is 0.270. The average molecular weight is 429 g/mol. The summed E-state index contributed by atoms with van der Waals surface area (Å²) in [5.74, 6) is -0.357. The van der Waals surface area contributed by atoms with Gasteiger partial charge < -0.3 is 4.90 Å². The largest absolute Gasteiger partial charge is 0.337 e. The number of carbonyl (C=O) groups is 1. The fraction of sp³-hybridized carbons (Fsp3) is 0.235. The number of sulfonamides is 1. The first-order valence-electron chi connectivity index (χ1n) is 8.00. The average Bonchev–Trinajstić information content (AvgIpc) is 3.12. The van der Waals surface area contributed by atoms with E-state index in [9.17, 15) is 21.6 Å². The van der Waals surface area contributed by atoms with Gasteiger partial charge in [0.1, 0.15) is 0 Å². The van der Waals surface area contributed by atoms with E-state index in [4.69, 9.17) is 16.7 Å². The number of benzene rings is 2. The van der Waals surface area contributed by atoms with Crippen LogP contribution in [0.15, 0.2) is 58.3 Å². The minimum absolute atomic E-state index is 0.0702. The van der Waals surface area contributed by atoms with Crippen molar-refractivity contribution in [2.45, 2.75) is 21.5 Å². The number of nitrogens with two attached hydrogens (primary N) is 1. The highest BCUT2D eigenvalue weighted by atomic mass is 35.5. The molecular weight excluding hydrogens is 412 g/mol. The van der Waals surface area contributed by atoms with Gasteiger partial charge in [-0.25, -0.2) is 22.0 Å². The van der Waals surface area contributed by atoms with Crippen LogP contribution in [0.25, 0.3) is 0 Å². The van der Waals surface area contributed by atoms with E-state index in [0.717, 1.165) is 0 Å². The van der Waals surface area contributed by atoms with Crippen molar-refractivity contribution in [3.63, 3.8) is 0 Å². The molecule has 0 radical (unpaired) electrons. The Kier molecular flexibility index (Phi) is 5.31. The first-order valence-corrected chi connectivity index (χ1v) is 11.5. The van der Waals surface area contributed by atoms with Crippen LogP contribution in [0.3, 0.4) is 0 Å². The van der Waals surface area contributed by atoms with Gasteiger partial charge in [-0.05, 0) is 55.0 Å². The maximum atomic E-state index is 12.7. The highest BCUT2D eigenvalue weighted by Gasteiger charge is 2.36. The second kappa shape index (κ2) is 7.23. The molecule has 1 atom stereocenters. The van der Waals surface area contributed by atoms with Crippen LogP contribution in [-0.4, -0.2) is 46.0 Å². The number of rotatable bonds is 4. The van der Waals surface area contributed by atoms with E-state index in [2.05, 4.69) is 0 Å². The quantitative estimate of drug-likeness (QED) is 0.795. The predicted octanol–water partition coefficient (Wildman–Crippen LogP) is 1.68. The molecule has 3 rings (SSSR count). The van der Waals surface area contributed by atoms with E-state index in [1.807, 2.05) is 0 Å². The number of halogens is 1. The molecule has 1 amide bonds. The van der Waals surface area contributed by atoms with Crippen molar-refractivity contribution >= 4 is 37.4 Å². The van der Waals surface area contributed by atoms with E-state index in [0.29, 0.717) is 18.0 Å². The Morgan fingerprint density at radius 1 is 0.963 bits per heavy atom. The smallest absolute Gasteiger partial charge is 0.253 e. The van der Waals surface area contributed by atoms with Crippen molar-refractivity contribution in [2.24, 2.45) is 5.14 Å². The molecule has 144 valence electrons. The van der Waals surface area contributed by atoms with Gasteiger partial charge in [-0.1, -0.05) is 11.6 Å². The molecule has 2 aromatic carbocycles. The molecule has 7 nitrogen and oxygen atoms in total. The third-order valence-electron chi connectivity index (χ3n) is 4.44. The molecule has 1 aliphatic rings. The lowest BCUT2D eigenvalue weighted by Crippen LogP contribution is -2.32. The summed E-state index contributed by atoms with van der Waals surface area (Å²) in [4.78, 5) is 14.1. The number of sulfone groups is 1. The number of carbonyl (C=O) groups excluding carboxylic acids is 1. The molecule has 1 aliphatic heterocycles. The number of amides is 1. The van der Waals surface area contributed by atoms with Crippen molar-refractivity contribution in [3.05, 3.63) is 59.1 Å². The van der Waals surface area contributed by atoms with Crippen LogP contribution < -0.4 is 5.14 Å². The van der Waals surface area contributed by atoms with E-state index >= 15 is 0 Å². The van der Waals surface area contributed by atoms with Crippen LogP contribution in [0.5, 0.6) is 0 Å². The Labute approximate surface area is 162 Å². The lowest BCUT2D eigenvalue weighted by Gasteiger charge is -2.17. The highest BCUT2D eigenvalue weighted by molar-refractivity contribution is 7.92. The molecule has 0 aliphatic carbocycles. The zero-order valence-electron chi connectivity index (χ0n) is 14.1. The Bertz CT molecular complexity index is 1070. The third-order valence-corrected chi connectivity index (χ3v) is 7.82. The number of nitrogens with zero attached hydrogens (tertiary/aromatic N) is 1. The monoisotopic (exact) mass is 428 g/mol. The van der Waals surface area contributed by atoms with Crippen LogP contribution in [0.1, 0.15) is 16.8 Å². The standard InChI is InChI=1S/C17H17ClN2O5S2/c18-13-3-7-14(8-4-13)26(22,23)16-9-10-20(11-16)17(21)12-1-5-15(6-2-12)27(19,24)25/h1-8,16H,9-11H2,(H2,19,24,25). The molecule has 1 unspecified atom stereocenters. The fourth-order valence-corrected chi connectivity index (χ4v) is 5.29. The number of hydrogen-bond donors (Lipinski definition) is 1. The number of hydrogen-bond acceptors (Lipinski definition) is 5. The van der Waals surface area contributed by atoms with Crippen molar-refractivity contribution < 1.29 is 21.6 Å². The van der Waals surface area contributed by atoms with E-state index in [1.165, 1.54) is 53.4 Å². The minimum atomic E-state index is -3.84. The molecule has 1 saturated heterocycles. The van der Waals surface area contributed by atoms with Crippen molar-refractivity contribution in [1.29, 1.82) is 0 Å². The summed E-state index contributed by atoms with van der Waals surface area (Å²) < 4.78 is 48.1. The summed E-state index contributed by atoms with van der Waals surface area (Å²) >= 11 is 5.80. The van der Waals surface area contributed by atoms with Gasteiger partial charge in [0.2, 0.25) is 10.0 Å². The highest BCUT2D eigenvalue weighted by Crippen LogP contribution is 2.26. The van der Waals surface area contributed by atoms with Crippen molar-refractivity contribution in [1.82, 2.24) is 4.90 Å². The molecule has 1 heterocycles. The van der Waals surface area contributed by atoms with E-state index in [1.54, 1.807) is 0 Å². The number of primary sulfonamides is 1. The summed E-state index contributed by atoms with van der Waals surface area (Å²) in [5, 5.41) is 4.78. The van der Waals surface area contributed by atoms with Crippen LogP contribution in [0.4, 0.5) is 0 Å². The maximum absolute atomic E-state index is 12.7. The van der Waals surface area contributed by atoms with Gasteiger partial charge in [-0.2, -0.15) is 0 Å². The van der Waals surface area contributed by atoms with Crippen LogP contribution in [0, 0.1) is 0 Å². The molecule has 2 aromatic rings. The molecule has 0 bridgehead atoms. The minimum Gasteiger partial charge on any atom is -0.337 e. The van der Waals surface area contributed by atoms with Crippen LogP contribution in [0.2, 0.25) is 5.02 Å². The first-order chi connectivity index (χ1) is 12.6. The Balaban J connectivity index is 1.75. The summed E-state index contributed by atoms with van der Waals surface area (Å²) in [6, 6.07) is 11.2. The summed E-state index contributed by atoms with van der Waals surface area (Å²) in [7, 11) is -7.42. The van der Waals surface area contributed by atoms with Crippen LogP contribution >= 0.6 is 11.6 Å². The predicted molar refractivity (Wildman–Crippen MR) is 101 cm³/mol.